The van der Waals surface area contributed by atoms with Crippen molar-refractivity contribution in [3.63, 3.8) is 0 Å². The molecule has 12 heteroatoms. The quantitative estimate of drug-likeness (QED) is 0.297. The number of nitrogens with one attached hydrogen (secondary N) is 1. The van der Waals surface area contributed by atoms with Crippen LogP contribution in [0.15, 0.2) is 42.0 Å². The van der Waals surface area contributed by atoms with Crippen LogP contribution in [0, 0.1) is 0 Å². The number of hydrogen-bond donors (Lipinski definition) is 3. The molecule has 4 rings (SSSR count). The second kappa shape index (κ2) is 8.51. The number of nitrogens with zero attached hydrogens (tertiary/aromatic N) is 7. The topological polar surface area (TPSA) is 163 Å². The van der Waals surface area contributed by atoms with Crippen LogP contribution in [0.25, 0.3) is 21.6 Å². The van der Waals surface area contributed by atoms with Crippen molar-refractivity contribution in [2.45, 2.75) is 31.1 Å². The number of aliphatic hydroxyl groups is 2. The molecule has 1 aliphatic rings. The summed E-state index contributed by atoms with van der Waals surface area (Å²) in [4.78, 5) is 15.5. The van der Waals surface area contributed by atoms with Gasteiger partial charge in [0.15, 0.2) is 23.2 Å². The number of benzene rings is 1. The Labute approximate surface area is 170 Å². The maximum Gasteiger partial charge on any atom is 0.167 e. The first-order chi connectivity index (χ1) is 14.6. The molecule has 3 N–H and O–H groups in total. The van der Waals surface area contributed by atoms with Crippen molar-refractivity contribution in [1.82, 2.24) is 19.5 Å². The Morgan fingerprint density at radius 3 is 2.77 bits per heavy atom. The lowest BCUT2D eigenvalue weighted by Crippen LogP contribution is -2.32. The molecule has 0 bridgehead atoms. The van der Waals surface area contributed by atoms with Crippen molar-refractivity contribution in [1.29, 1.82) is 0 Å². The van der Waals surface area contributed by atoms with Crippen molar-refractivity contribution >= 4 is 17.0 Å². The predicted octanol–water partition coefficient (Wildman–Crippen LogP) is 1.38. The Balaban J connectivity index is 1.55. The number of methoxy groups -OCH3 is 1. The maximum absolute atomic E-state index is 10.4. The fraction of sp³-hybridized carbons (Fsp3) is 0.389. The van der Waals surface area contributed by atoms with Crippen molar-refractivity contribution in [2.24, 2.45) is 5.11 Å². The van der Waals surface area contributed by atoms with Gasteiger partial charge in [0.05, 0.1) is 26.1 Å². The molecule has 30 heavy (non-hydrogen) atoms. The summed E-state index contributed by atoms with van der Waals surface area (Å²) in [5.74, 6) is 1.30. The number of anilines is 1. The number of rotatable bonds is 7. The van der Waals surface area contributed by atoms with Gasteiger partial charge in [0.1, 0.15) is 24.3 Å². The van der Waals surface area contributed by atoms with Crippen LogP contribution in [-0.2, 0) is 11.3 Å². The smallest absolute Gasteiger partial charge is 0.167 e. The van der Waals surface area contributed by atoms with E-state index in [0.717, 1.165) is 11.3 Å². The maximum atomic E-state index is 10.4. The molecule has 2 aromatic heterocycles. The minimum absolute atomic E-state index is 0.0957. The van der Waals surface area contributed by atoms with Crippen LogP contribution < -0.4 is 10.1 Å². The summed E-state index contributed by atoms with van der Waals surface area (Å²) in [5.41, 5.74) is 10.4. The van der Waals surface area contributed by atoms with E-state index >= 15 is 0 Å². The third-order valence-electron chi connectivity index (χ3n) is 4.91. The van der Waals surface area contributed by atoms with Gasteiger partial charge in [-0.3, -0.25) is 4.57 Å². The number of ether oxygens (including phenoxy) is 2. The van der Waals surface area contributed by atoms with Crippen LogP contribution >= 0.6 is 0 Å². The molecule has 3 heterocycles. The largest absolute Gasteiger partial charge is 0.497 e. The van der Waals surface area contributed by atoms with Gasteiger partial charge in [0.25, 0.3) is 0 Å². The lowest BCUT2D eigenvalue weighted by atomic mass is 10.1. The van der Waals surface area contributed by atoms with Crippen LogP contribution in [0.4, 0.5) is 5.82 Å². The molecule has 4 atom stereocenters. The third-order valence-corrected chi connectivity index (χ3v) is 4.91. The lowest BCUT2D eigenvalue weighted by Gasteiger charge is -2.16. The van der Waals surface area contributed by atoms with E-state index in [1.54, 1.807) is 7.11 Å². The summed E-state index contributed by atoms with van der Waals surface area (Å²) in [6.07, 6.45) is -1.33. The van der Waals surface area contributed by atoms with E-state index in [4.69, 9.17) is 15.0 Å². The summed E-state index contributed by atoms with van der Waals surface area (Å²) >= 11 is 0. The van der Waals surface area contributed by atoms with Gasteiger partial charge in [0.2, 0.25) is 0 Å². The van der Waals surface area contributed by atoms with E-state index < -0.39 is 24.5 Å². The van der Waals surface area contributed by atoms with E-state index in [2.05, 4.69) is 30.3 Å². The molecule has 1 unspecified atom stereocenters. The molecular formula is C18H20N8O4. The summed E-state index contributed by atoms with van der Waals surface area (Å²) in [6, 6.07) is 7.63. The SMILES string of the molecule is COc1ccc(CNc2ncnc3c2ncn3[C@@H]2O[C@H](CN=[N+]=[N-])[C@H](O)C2O)cc1. The predicted molar refractivity (Wildman–Crippen MR) is 106 cm³/mol. The van der Waals surface area contributed by atoms with Crippen molar-refractivity contribution in [3.05, 3.63) is 52.9 Å². The highest BCUT2D eigenvalue weighted by molar-refractivity contribution is 5.82. The van der Waals surface area contributed by atoms with Gasteiger partial charge in [-0.25, -0.2) is 15.0 Å². The van der Waals surface area contributed by atoms with Gasteiger partial charge < -0.3 is 25.0 Å². The third kappa shape index (κ3) is 3.72. The average molecular weight is 412 g/mol. The van der Waals surface area contributed by atoms with E-state index in [1.807, 2.05) is 24.3 Å². The Morgan fingerprint density at radius 1 is 1.23 bits per heavy atom. The molecule has 0 saturated carbocycles. The zero-order valence-corrected chi connectivity index (χ0v) is 16.0. The minimum Gasteiger partial charge on any atom is -0.497 e. The molecule has 1 aromatic carbocycles. The number of azide groups is 1. The van der Waals surface area contributed by atoms with Crippen molar-refractivity contribution < 1.29 is 19.7 Å². The molecule has 156 valence electrons. The molecule has 1 fully saturated rings. The number of hydrogen-bond acceptors (Lipinski definition) is 9. The summed E-state index contributed by atoms with van der Waals surface area (Å²) in [7, 11) is 1.62. The van der Waals surface area contributed by atoms with E-state index in [1.165, 1.54) is 17.2 Å². The molecular weight excluding hydrogens is 392 g/mol. The molecule has 1 aliphatic heterocycles. The summed E-state index contributed by atoms with van der Waals surface area (Å²) in [5, 5.41) is 27.2. The van der Waals surface area contributed by atoms with Gasteiger partial charge in [-0.05, 0) is 23.2 Å². The highest BCUT2D eigenvalue weighted by Crippen LogP contribution is 2.32. The second-order valence-corrected chi connectivity index (χ2v) is 6.71. The van der Waals surface area contributed by atoms with Gasteiger partial charge in [-0.2, -0.15) is 0 Å². The van der Waals surface area contributed by atoms with Crippen LogP contribution in [0.2, 0.25) is 0 Å². The summed E-state index contributed by atoms with van der Waals surface area (Å²) < 4.78 is 12.4. The number of aromatic nitrogens is 4. The minimum atomic E-state index is -1.23. The van der Waals surface area contributed by atoms with Crippen LogP contribution in [0.1, 0.15) is 11.8 Å². The molecule has 3 aromatic rings. The Bertz CT molecular complexity index is 1070. The van der Waals surface area contributed by atoms with Crippen LogP contribution in [-0.4, -0.2) is 61.7 Å². The summed E-state index contributed by atoms with van der Waals surface area (Å²) in [6.45, 7) is 0.417. The second-order valence-electron chi connectivity index (χ2n) is 6.71. The Hall–Kier alpha value is -3.44. The molecule has 0 radical (unpaired) electrons. The molecule has 0 spiro atoms. The highest BCUT2D eigenvalue weighted by Gasteiger charge is 2.43. The van der Waals surface area contributed by atoms with E-state index in [0.29, 0.717) is 23.5 Å². The van der Waals surface area contributed by atoms with Gasteiger partial charge >= 0.3 is 0 Å². The molecule has 0 aliphatic carbocycles. The number of fused-ring (bicyclic) bond motifs is 1. The van der Waals surface area contributed by atoms with E-state index in [9.17, 15) is 10.2 Å². The van der Waals surface area contributed by atoms with Crippen molar-refractivity contribution in [3.8, 4) is 5.75 Å². The molecule has 12 nitrogen and oxygen atoms in total. The number of aliphatic hydroxyl groups excluding tert-OH is 2. The van der Waals surface area contributed by atoms with Gasteiger partial charge in [0, 0.05) is 11.5 Å². The van der Waals surface area contributed by atoms with Gasteiger partial charge in [-0.1, -0.05) is 17.2 Å². The van der Waals surface area contributed by atoms with Crippen LogP contribution in [0.5, 0.6) is 5.75 Å². The lowest BCUT2D eigenvalue weighted by molar-refractivity contribution is -0.0321. The standard InChI is InChI=1S/C18H20N8O4/c1-29-11-4-2-10(3-5-11)6-20-16-13-17(22-8-21-16)26(9-23-13)18-15(28)14(27)12(30-18)7-24-25-19/h2-5,8-9,12,14-15,18,27-28H,6-7H2,1H3,(H,20,21,22)/t12-,14+,15?,18-/m1/s1. The zero-order chi connectivity index (χ0) is 21.1. The average Bonchev–Trinajstić information content (AvgIpc) is 3.33. The zero-order valence-electron chi connectivity index (χ0n) is 16.0. The molecule has 1 saturated heterocycles. The Morgan fingerprint density at radius 2 is 2.03 bits per heavy atom. The van der Waals surface area contributed by atoms with Gasteiger partial charge in [-0.15, -0.1) is 0 Å². The first kappa shape index (κ1) is 19.9. The first-order valence-corrected chi connectivity index (χ1v) is 9.19. The monoisotopic (exact) mass is 412 g/mol. The van der Waals surface area contributed by atoms with Crippen molar-refractivity contribution in [2.75, 3.05) is 19.0 Å². The fourth-order valence-corrected chi connectivity index (χ4v) is 3.32. The number of imidazole rings is 1. The fourth-order valence-electron chi connectivity index (χ4n) is 3.32. The van der Waals surface area contributed by atoms with E-state index in [-0.39, 0.29) is 6.54 Å². The highest BCUT2D eigenvalue weighted by atomic mass is 16.6. The first-order valence-electron chi connectivity index (χ1n) is 9.19. The Kier molecular flexibility index (Phi) is 5.63. The van der Waals surface area contributed by atoms with Crippen LogP contribution in [0.3, 0.4) is 0 Å². The normalized spacial score (nSPS) is 23.3. The molecule has 0 amide bonds.